The maximum atomic E-state index is 12.7. The third-order valence-electron chi connectivity index (χ3n) is 5.43. The third kappa shape index (κ3) is 2.45. The van der Waals surface area contributed by atoms with Crippen molar-refractivity contribution in [1.82, 2.24) is 9.80 Å². The summed E-state index contributed by atoms with van der Waals surface area (Å²) in [6.07, 6.45) is 6.16. The van der Waals surface area contributed by atoms with Crippen LogP contribution in [-0.4, -0.2) is 46.8 Å². The van der Waals surface area contributed by atoms with Crippen molar-refractivity contribution in [3.05, 3.63) is 22.4 Å². The van der Waals surface area contributed by atoms with Crippen LogP contribution in [0.15, 0.2) is 16.8 Å². The number of carbonyl (C=O) groups excluding carboxylic acids is 2. The normalized spacial score (nSPS) is 28.6. The van der Waals surface area contributed by atoms with Crippen LogP contribution in [0, 0.1) is 5.92 Å². The first-order valence-corrected chi connectivity index (χ1v) is 9.24. The zero-order chi connectivity index (χ0) is 15.2. The minimum atomic E-state index is -0.0798. The van der Waals surface area contributed by atoms with Gasteiger partial charge >= 0.3 is 0 Å². The van der Waals surface area contributed by atoms with Gasteiger partial charge in [-0.05, 0) is 49.5 Å². The van der Waals surface area contributed by atoms with Crippen molar-refractivity contribution in [1.29, 1.82) is 0 Å². The van der Waals surface area contributed by atoms with Gasteiger partial charge in [-0.1, -0.05) is 0 Å². The van der Waals surface area contributed by atoms with E-state index in [1.165, 1.54) is 12.8 Å². The molecular formula is C17H22N2O2S. The fraction of sp³-hybridized carbons (Fsp3) is 0.647. The van der Waals surface area contributed by atoms with Crippen LogP contribution >= 0.6 is 11.3 Å². The molecule has 2 amide bonds. The number of amides is 2. The number of piperidine rings is 1. The predicted molar refractivity (Wildman–Crippen MR) is 85.9 cm³/mol. The Balaban J connectivity index is 1.53. The molecule has 3 heterocycles. The van der Waals surface area contributed by atoms with Crippen molar-refractivity contribution in [2.24, 2.45) is 5.92 Å². The zero-order valence-corrected chi connectivity index (χ0v) is 13.6. The minimum absolute atomic E-state index is 0.0798. The minimum Gasteiger partial charge on any atom is -0.336 e. The number of likely N-dealkylation sites (tertiary alicyclic amines) is 2. The van der Waals surface area contributed by atoms with Gasteiger partial charge in [-0.25, -0.2) is 0 Å². The molecule has 1 aromatic rings. The van der Waals surface area contributed by atoms with E-state index in [0.717, 1.165) is 44.5 Å². The van der Waals surface area contributed by atoms with E-state index in [9.17, 15) is 9.59 Å². The second-order valence-corrected chi connectivity index (χ2v) is 7.79. The van der Waals surface area contributed by atoms with Crippen molar-refractivity contribution < 1.29 is 9.59 Å². The SMILES string of the molecule is O=C(c1ccsc1)N1CCCC2(CCC(=O)N2CC2CC2)C1. The van der Waals surface area contributed by atoms with E-state index in [-0.39, 0.29) is 11.4 Å². The second kappa shape index (κ2) is 5.37. The van der Waals surface area contributed by atoms with Gasteiger partial charge in [0.05, 0.1) is 11.1 Å². The van der Waals surface area contributed by atoms with Crippen molar-refractivity contribution in [2.45, 2.75) is 44.1 Å². The van der Waals surface area contributed by atoms with E-state index in [1.54, 1.807) is 11.3 Å². The highest BCUT2D eigenvalue weighted by molar-refractivity contribution is 7.08. The summed E-state index contributed by atoms with van der Waals surface area (Å²) >= 11 is 1.56. The lowest BCUT2D eigenvalue weighted by atomic mass is 9.86. The first kappa shape index (κ1) is 14.2. The Hall–Kier alpha value is -1.36. The number of nitrogens with zero attached hydrogens (tertiary/aromatic N) is 2. The molecule has 118 valence electrons. The summed E-state index contributed by atoms with van der Waals surface area (Å²) in [5.41, 5.74) is 0.712. The topological polar surface area (TPSA) is 40.6 Å². The summed E-state index contributed by atoms with van der Waals surface area (Å²) in [5.74, 6) is 1.14. The molecular weight excluding hydrogens is 296 g/mol. The van der Waals surface area contributed by atoms with Gasteiger partial charge < -0.3 is 9.80 Å². The molecule has 0 N–H and O–H groups in total. The molecule has 1 saturated carbocycles. The molecule has 1 aliphatic carbocycles. The average molecular weight is 318 g/mol. The van der Waals surface area contributed by atoms with E-state index < -0.39 is 0 Å². The van der Waals surface area contributed by atoms with Gasteiger partial charge in [0.1, 0.15) is 0 Å². The Morgan fingerprint density at radius 1 is 1.36 bits per heavy atom. The van der Waals surface area contributed by atoms with Crippen LogP contribution in [0.5, 0.6) is 0 Å². The van der Waals surface area contributed by atoms with E-state index in [1.807, 2.05) is 21.7 Å². The van der Waals surface area contributed by atoms with Gasteiger partial charge in [0.25, 0.3) is 5.91 Å². The lowest BCUT2D eigenvalue weighted by Gasteiger charge is -2.46. The molecule has 22 heavy (non-hydrogen) atoms. The molecule has 1 aromatic heterocycles. The fourth-order valence-corrected chi connectivity index (χ4v) is 4.64. The first-order valence-electron chi connectivity index (χ1n) is 8.30. The highest BCUT2D eigenvalue weighted by atomic mass is 32.1. The summed E-state index contributed by atoms with van der Waals surface area (Å²) in [7, 11) is 0. The van der Waals surface area contributed by atoms with Crippen molar-refractivity contribution >= 4 is 23.2 Å². The van der Waals surface area contributed by atoms with Crippen molar-refractivity contribution in [3.8, 4) is 0 Å². The molecule has 5 heteroatoms. The summed E-state index contributed by atoms with van der Waals surface area (Å²) in [5, 5.41) is 3.87. The molecule has 2 saturated heterocycles. The maximum Gasteiger partial charge on any atom is 0.254 e. The maximum absolute atomic E-state index is 12.7. The fourth-order valence-electron chi connectivity index (χ4n) is 4.01. The molecule has 4 nitrogen and oxygen atoms in total. The van der Waals surface area contributed by atoms with Gasteiger partial charge in [0.15, 0.2) is 0 Å². The summed E-state index contributed by atoms with van der Waals surface area (Å²) in [4.78, 5) is 29.1. The van der Waals surface area contributed by atoms with Crippen LogP contribution < -0.4 is 0 Å². The highest BCUT2D eigenvalue weighted by Gasteiger charge is 2.49. The summed E-state index contributed by atoms with van der Waals surface area (Å²) in [6.45, 7) is 2.46. The number of hydrogen-bond acceptors (Lipinski definition) is 3. The number of rotatable bonds is 3. The Kier molecular flexibility index (Phi) is 3.48. The number of carbonyl (C=O) groups is 2. The summed E-state index contributed by atoms with van der Waals surface area (Å²) < 4.78 is 0. The van der Waals surface area contributed by atoms with E-state index in [4.69, 9.17) is 0 Å². The lowest BCUT2D eigenvalue weighted by molar-refractivity contribution is -0.132. The third-order valence-corrected chi connectivity index (χ3v) is 6.11. The van der Waals surface area contributed by atoms with E-state index in [2.05, 4.69) is 4.90 Å². The quantitative estimate of drug-likeness (QED) is 0.860. The zero-order valence-electron chi connectivity index (χ0n) is 12.8. The van der Waals surface area contributed by atoms with Crippen molar-refractivity contribution in [2.75, 3.05) is 19.6 Å². The van der Waals surface area contributed by atoms with E-state index >= 15 is 0 Å². The van der Waals surface area contributed by atoms with Crippen LogP contribution in [-0.2, 0) is 4.79 Å². The smallest absolute Gasteiger partial charge is 0.254 e. The molecule has 3 aliphatic rings. The second-order valence-electron chi connectivity index (χ2n) is 7.01. The molecule has 1 atom stereocenters. The first-order chi connectivity index (χ1) is 10.7. The molecule has 4 rings (SSSR count). The molecule has 0 aromatic carbocycles. The average Bonchev–Trinajstić information content (AvgIpc) is 3.10. The molecule has 1 spiro atoms. The molecule has 0 radical (unpaired) electrons. The predicted octanol–water partition coefficient (Wildman–Crippen LogP) is 2.76. The molecule has 0 bridgehead atoms. The van der Waals surface area contributed by atoms with E-state index in [0.29, 0.717) is 18.2 Å². The van der Waals surface area contributed by atoms with Crippen LogP contribution in [0.4, 0.5) is 0 Å². The largest absolute Gasteiger partial charge is 0.336 e. The Labute approximate surface area is 135 Å². The van der Waals surface area contributed by atoms with Gasteiger partial charge in [-0.2, -0.15) is 11.3 Å². The Morgan fingerprint density at radius 3 is 2.95 bits per heavy atom. The summed E-state index contributed by atoms with van der Waals surface area (Å²) in [6, 6.07) is 1.90. The Morgan fingerprint density at radius 2 is 2.23 bits per heavy atom. The van der Waals surface area contributed by atoms with Gasteiger partial charge in [-0.15, -0.1) is 0 Å². The van der Waals surface area contributed by atoms with Gasteiger partial charge in [0.2, 0.25) is 5.91 Å². The lowest BCUT2D eigenvalue weighted by Crippen LogP contribution is -2.58. The molecule has 3 fully saturated rings. The Bertz CT molecular complexity index is 581. The monoisotopic (exact) mass is 318 g/mol. The highest BCUT2D eigenvalue weighted by Crippen LogP contribution is 2.41. The van der Waals surface area contributed by atoms with Crippen LogP contribution in [0.3, 0.4) is 0 Å². The van der Waals surface area contributed by atoms with Crippen LogP contribution in [0.2, 0.25) is 0 Å². The molecule has 2 aliphatic heterocycles. The number of thiophene rings is 1. The van der Waals surface area contributed by atoms with Crippen LogP contribution in [0.1, 0.15) is 48.9 Å². The van der Waals surface area contributed by atoms with Crippen LogP contribution in [0.25, 0.3) is 0 Å². The van der Waals surface area contributed by atoms with Gasteiger partial charge in [-0.3, -0.25) is 9.59 Å². The van der Waals surface area contributed by atoms with Crippen molar-refractivity contribution in [3.63, 3.8) is 0 Å². The molecule has 1 unspecified atom stereocenters. The number of hydrogen-bond donors (Lipinski definition) is 0. The van der Waals surface area contributed by atoms with Gasteiger partial charge in [0, 0.05) is 31.4 Å². The standard InChI is InChI=1S/C17H22N2O2S/c20-15-4-7-17(19(15)10-13-2-3-13)6-1-8-18(12-17)16(21)14-5-9-22-11-14/h5,9,11,13H,1-4,6-8,10,12H2.